The first kappa shape index (κ1) is 17.7. The van der Waals surface area contributed by atoms with Crippen molar-refractivity contribution in [2.24, 2.45) is 0 Å². The van der Waals surface area contributed by atoms with E-state index in [1.807, 2.05) is 53.2 Å². The molecule has 0 fully saturated rings. The van der Waals surface area contributed by atoms with Gasteiger partial charge in [0.2, 0.25) is 5.43 Å². The number of esters is 1. The van der Waals surface area contributed by atoms with E-state index < -0.39 is 5.97 Å². The number of fused-ring (bicyclic) bond motifs is 1. The van der Waals surface area contributed by atoms with Crippen LogP contribution >= 0.6 is 0 Å². The van der Waals surface area contributed by atoms with Crippen molar-refractivity contribution in [2.75, 3.05) is 6.61 Å². The van der Waals surface area contributed by atoms with Crippen molar-refractivity contribution < 1.29 is 9.53 Å². The Hall–Kier alpha value is -3.67. The summed E-state index contributed by atoms with van der Waals surface area (Å²) in [5.74, 6) is -0.596. The van der Waals surface area contributed by atoms with Crippen LogP contribution in [0, 0.1) is 0 Å². The zero-order valence-electron chi connectivity index (χ0n) is 15.4. The van der Waals surface area contributed by atoms with Gasteiger partial charge >= 0.3 is 5.97 Å². The standard InChI is InChI=1S/C22H19N3O3/c1-2-28-22(27)19-15-24(20-7-4-3-6-18(20)21(19)26)14-16-8-10-17(11-9-16)25-13-5-12-23-25/h3-13,15H,2,14H2,1H3. The van der Waals surface area contributed by atoms with E-state index in [-0.39, 0.29) is 17.6 Å². The molecule has 4 rings (SSSR count). The Labute approximate surface area is 161 Å². The van der Waals surface area contributed by atoms with E-state index in [9.17, 15) is 9.59 Å². The fraction of sp³-hybridized carbons (Fsp3) is 0.136. The molecule has 0 aliphatic heterocycles. The largest absolute Gasteiger partial charge is 0.462 e. The van der Waals surface area contributed by atoms with E-state index in [0.717, 1.165) is 16.8 Å². The number of hydrogen-bond acceptors (Lipinski definition) is 4. The van der Waals surface area contributed by atoms with Crippen LogP contribution in [0.4, 0.5) is 0 Å². The molecule has 0 aliphatic carbocycles. The highest BCUT2D eigenvalue weighted by atomic mass is 16.5. The van der Waals surface area contributed by atoms with Gasteiger partial charge in [0.05, 0.1) is 17.8 Å². The first-order chi connectivity index (χ1) is 13.7. The lowest BCUT2D eigenvalue weighted by Crippen LogP contribution is -2.21. The molecule has 0 saturated carbocycles. The molecule has 2 aromatic heterocycles. The number of benzene rings is 2. The number of hydrogen-bond donors (Lipinski definition) is 0. The first-order valence-electron chi connectivity index (χ1n) is 9.05. The van der Waals surface area contributed by atoms with Crippen molar-refractivity contribution >= 4 is 16.9 Å². The average Bonchev–Trinajstić information content (AvgIpc) is 3.26. The van der Waals surface area contributed by atoms with Gasteiger partial charge < -0.3 is 9.30 Å². The van der Waals surface area contributed by atoms with Crippen LogP contribution in [-0.2, 0) is 11.3 Å². The Morgan fingerprint density at radius 1 is 1.07 bits per heavy atom. The highest BCUT2D eigenvalue weighted by molar-refractivity contribution is 5.93. The monoisotopic (exact) mass is 373 g/mol. The zero-order valence-corrected chi connectivity index (χ0v) is 15.4. The van der Waals surface area contributed by atoms with Gasteiger partial charge in [-0.25, -0.2) is 9.48 Å². The maximum atomic E-state index is 12.7. The van der Waals surface area contributed by atoms with Crippen molar-refractivity contribution in [3.63, 3.8) is 0 Å². The summed E-state index contributed by atoms with van der Waals surface area (Å²) in [4.78, 5) is 24.9. The summed E-state index contributed by atoms with van der Waals surface area (Å²) in [7, 11) is 0. The number of pyridine rings is 1. The second-order valence-corrected chi connectivity index (χ2v) is 6.35. The molecule has 4 aromatic rings. The van der Waals surface area contributed by atoms with Crippen molar-refractivity contribution in [2.45, 2.75) is 13.5 Å². The molecular weight excluding hydrogens is 354 g/mol. The normalized spacial score (nSPS) is 10.9. The van der Waals surface area contributed by atoms with Crippen molar-refractivity contribution in [1.82, 2.24) is 14.3 Å². The topological polar surface area (TPSA) is 66.1 Å². The van der Waals surface area contributed by atoms with Crippen LogP contribution in [0.3, 0.4) is 0 Å². The third kappa shape index (κ3) is 3.32. The lowest BCUT2D eigenvalue weighted by molar-refractivity contribution is 0.0524. The van der Waals surface area contributed by atoms with Gasteiger partial charge in [0.25, 0.3) is 0 Å². The second kappa shape index (κ2) is 7.52. The Bertz CT molecular complexity index is 1180. The van der Waals surface area contributed by atoms with Gasteiger partial charge in [-0.1, -0.05) is 24.3 Å². The van der Waals surface area contributed by atoms with Gasteiger partial charge in [-0.3, -0.25) is 4.79 Å². The minimum atomic E-state index is -0.596. The summed E-state index contributed by atoms with van der Waals surface area (Å²) < 4.78 is 8.76. The van der Waals surface area contributed by atoms with E-state index in [1.54, 1.807) is 36.1 Å². The third-order valence-corrected chi connectivity index (χ3v) is 4.54. The number of ether oxygens (including phenoxy) is 1. The molecule has 0 amide bonds. The molecule has 6 nitrogen and oxygen atoms in total. The van der Waals surface area contributed by atoms with Crippen LogP contribution in [0.25, 0.3) is 16.6 Å². The number of aromatic nitrogens is 3. The highest BCUT2D eigenvalue weighted by Gasteiger charge is 2.16. The highest BCUT2D eigenvalue weighted by Crippen LogP contribution is 2.16. The average molecular weight is 373 g/mol. The molecule has 0 saturated heterocycles. The van der Waals surface area contributed by atoms with Gasteiger partial charge in [-0.15, -0.1) is 0 Å². The Kier molecular flexibility index (Phi) is 4.76. The van der Waals surface area contributed by atoms with Gasteiger partial charge in [-0.2, -0.15) is 5.10 Å². The van der Waals surface area contributed by atoms with Crippen LogP contribution < -0.4 is 5.43 Å². The van der Waals surface area contributed by atoms with Gasteiger partial charge in [0.1, 0.15) is 5.56 Å². The number of carbonyl (C=O) groups is 1. The lowest BCUT2D eigenvalue weighted by Gasteiger charge is -2.13. The molecule has 28 heavy (non-hydrogen) atoms. The van der Waals surface area contributed by atoms with Crippen LogP contribution in [0.1, 0.15) is 22.8 Å². The smallest absolute Gasteiger partial charge is 0.343 e. The fourth-order valence-corrected chi connectivity index (χ4v) is 3.20. The lowest BCUT2D eigenvalue weighted by atomic mass is 10.1. The van der Waals surface area contributed by atoms with Crippen LogP contribution in [0.5, 0.6) is 0 Å². The zero-order chi connectivity index (χ0) is 19.5. The molecule has 0 spiro atoms. The summed E-state index contributed by atoms with van der Waals surface area (Å²) in [6.45, 7) is 2.46. The molecule has 0 radical (unpaired) electrons. The quantitative estimate of drug-likeness (QED) is 0.503. The summed E-state index contributed by atoms with van der Waals surface area (Å²) in [5.41, 5.74) is 2.52. The van der Waals surface area contributed by atoms with E-state index in [1.165, 1.54) is 0 Å². The predicted octanol–water partition coefficient (Wildman–Crippen LogP) is 3.41. The predicted molar refractivity (Wildman–Crippen MR) is 107 cm³/mol. The summed E-state index contributed by atoms with van der Waals surface area (Å²) in [6.07, 6.45) is 5.21. The van der Waals surface area contributed by atoms with Crippen molar-refractivity contribution in [1.29, 1.82) is 0 Å². The summed E-state index contributed by atoms with van der Waals surface area (Å²) in [6, 6.07) is 17.1. The molecule has 2 aromatic carbocycles. The van der Waals surface area contributed by atoms with E-state index >= 15 is 0 Å². The molecule has 0 atom stereocenters. The molecule has 2 heterocycles. The molecule has 0 N–H and O–H groups in total. The Balaban J connectivity index is 1.74. The number of carbonyl (C=O) groups excluding carboxylic acids is 1. The first-order valence-corrected chi connectivity index (χ1v) is 9.05. The van der Waals surface area contributed by atoms with Gasteiger partial charge in [0.15, 0.2) is 0 Å². The molecular formula is C22H19N3O3. The molecule has 0 aliphatic rings. The van der Waals surface area contributed by atoms with Crippen LogP contribution in [0.2, 0.25) is 0 Å². The summed E-state index contributed by atoms with van der Waals surface area (Å²) in [5, 5.41) is 4.73. The molecule has 140 valence electrons. The maximum Gasteiger partial charge on any atom is 0.343 e. The second-order valence-electron chi connectivity index (χ2n) is 6.35. The number of para-hydroxylation sites is 1. The van der Waals surface area contributed by atoms with Crippen LogP contribution in [0.15, 0.2) is 78.0 Å². The maximum absolute atomic E-state index is 12.7. The molecule has 6 heteroatoms. The number of nitrogens with zero attached hydrogens (tertiary/aromatic N) is 3. The fourth-order valence-electron chi connectivity index (χ4n) is 3.20. The number of rotatable bonds is 5. The van der Waals surface area contributed by atoms with E-state index in [0.29, 0.717) is 11.9 Å². The van der Waals surface area contributed by atoms with Crippen molar-refractivity contribution in [3.05, 3.63) is 94.5 Å². The van der Waals surface area contributed by atoms with Crippen molar-refractivity contribution in [3.8, 4) is 5.69 Å². The summed E-state index contributed by atoms with van der Waals surface area (Å²) >= 11 is 0. The minimum Gasteiger partial charge on any atom is -0.462 e. The van der Waals surface area contributed by atoms with E-state index in [4.69, 9.17) is 4.74 Å². The molecule has 0 bridgehead atoms. The Morgan fingerprint density at radius 3 is 2.57 bits per heavy atom. The minimum absolute atomic E-state index is 0.0497. The van der Waals surface area contributed by atoms with Gasteiger partial charge in [0, 0.05) is 30.5 Å². The Morgan fingerprint density at radius 2 is 1.86 bits per heavy atom. The molecule has 0 unspecified atom stereocenters. The van der Waals surface area contributed by atoms with Gasteiger partial charge in [-0.05, 0) is 42.8 Å². The van der Waals surface area contributed by atoms with Crippen LogP contribution in [-0.4, -0.2) is 26.9 Å². The van der Waals surface area contributed by atoms with E-state index in [2.05, 4.69) is 5.10 Å². The third-order valence-electron chi connectivity index (χ3n) is 4.54. The SMILES string of the molecule is CCOC(=O)c1cn(Cc2ccc(-n3cccn3)cc2)c2ccccc2c1=O.